The Hall–Kier alpha value is -2.43. The molecule has 2 aromatic rings. The van der Waals surface area contributed by atoms with Crippen molar-refractivity contribution in [3.8, 4) is 5.69 Å². The first-order valence-electron chi connectivity index (χ1n) is 5.51. The van der Waals surface area contributed by atoms with Crippen LogP contribution in [-0.2, 0) is 0 Å². The Kier molecular flexibility index (Phi) is 2.97. The van der Waals surface area contributed by atoms with Crippen molar-refractivity contribution in [1.29, 1.82) is 5.41 Å². The lowest BCUT2D eigenvalue weighted by atomic mass is 10.2. The summed E-state index contributed by atoms with van der Waals surface area (Å²) in [4.78, 5) is 11.6. The molecule has 0 aliphatic heterocycles. The van der Waals surface area contributed by atoms with Crippen molar-refractivity contribution < 1.29 is 0 Å². The average molecular weight is 242 g/mol. The highest BCUT2D eigenvalue weighted by molar-refractivity contribution is 5.92. The fourth-order valence-corrected chi connectivity index (χ4v) is 1.76. The van der Waals surface area contributed by atoms with Gasteiger partial charge in [-0.25, -0.2) is 4.68 Å². The molecule has 0 radical (unpaired) electrons. The average Bonchev–Trinajstić information content (AvgIpc) is 2.28. The molecule has 2 rings (SSSR count). The summed E-state index contributed by atoms with van der Waals surface area (Å²) in [6.07, 6.45) is 0. The van der Waals surface area contributed by atoms with Crippen molar-refractivity contribution in [2.24, 2.45) is 5.73 Å². The summed E-state index contributed by atoms with van der Waals surface area (Å²) in [5.41, 5.74) is 7.63. The van der Waals surface area contributed by atoms with E-state index in [4.69, 9.17) is 11.1 Å². The highest BCUT2D eigenvalue weighted by Gasteiger charge is 2.09. The van der Waals surface area contributed by atoms with Crippen molar-refractivity contribution in [3.63, 3.8) is 0 Å². The lowest BCUT2D eigenvalue weighted by Crippen LogP contribution is -2.27. The number of nitrogen functional groups attached to an aromatic ring is 1. The quantitative estimate of drug-likeness (QED) is 0.611. The Morgan fingerprint density at radius 3 is 2.67 bits per heavy atom. The summed E-state index contributed by atoms with van der Waals surface area (Å²) >= 11 is 0. The number of aromatic nitrogens is 2. The molecule has 0 saturated carbocycles. The number of rotatable bonds is 2. The lowest BCUT2D eigenvalue weighted by Gasteiger charge is -2.11. The minimum absolute atomic E-state index is 0.0258. The van der Waals surface area contributed by atoms with E-state index in [0.717, 1.165) is 11.3 Å². The highest BCUT2D eigenvalue weighted by atomic mass is 16.1. The molecule has 0 fully saturated rings. The summed E-state index contributed by atoms with van der Waals surface area (Å²) in [5, 5.41) is 11.5. The lowest BCUT2D eigenvalue weighted by molar-refractivity contribution is 0.791. The first kappa shape index (κ1) is 12.0. The van der Waals surface area contributed by atoms with Crippen molar-refractivity contribution in [2.75, 3.05) is 0 Å². The third kappa shape index (κ3) is 2.15. The molecule has 0 unspecified atom stereocenters. The monoisotopic (exact) mass is 242 g/mol. The van der Waals surface area contributed by atoms with Crippen LogP contribution in [0.4, 0.5) is 0 Å². The van der Waals surface area contributed by atoms with Crippen LogP contribution in [0.25, 0.3) is 5.69 Å². The molecule has 18 heavy (non-hydrogen) atoms. The van der Waals surface area contributed by atoms with Crippen LogP contribution in [0.15, 0.2) is 35.1 Å². The molecule has 1 heterocycles. The molecule has 5 nitrogen and oxygen atoms in total. The van der Waals surface area contributed by atoms with Gasteiger partial charge in [-0.3, -0.25) is 10.2 Å². The summed E-state index contributed by atoms with van der Waals surface area (Å²) in [6, 6.07) is 9.17. The number of benzene rings is 1. The zero-order valence-corrected chi connectivity index (χ0v) is 10.3. The van der Waals surface area contributed by atoms with Gasteiger partial charge in [0.2, 0.25) is 5.43 Å². The Morgan fingerprint density at radius 2 is 2.06 bits per heavy atom. The van der Waals surface area contributed by atoms with Crippen molar-refractivity contribution >= 4 is 5.84 Å². The van der Waals surface area contributed by atoms with Gasteiger partial charge in [0.25, 0.3) is 0 Å². The minimum Gasteiger partial charge on any atom is -0.382 e. The van der Waals surface area contributed by atoms with E-state index in [1.54, 1.807) is 11.6 Å². The summed E-state index contributed by atoms with van der Waals surface area (Å²) in [7, 11) is 0. The maximum atomic E-state index is 11.6. The SMILES string of the molecule is Cc1cccc(-n2nc(C(=N)N)c(=O)cc2C)c1. The Bertz CT molecular complexity index is 673. The van der Waals surface area contributed by atoms with Crippen molar-refractivity contribution in [1.82, 2.24) is 9.78 Å². The second kappa shape index (κ2) is 4.44. The fraction of sp³-hybridized carbons (Fsp3) is 0.154. The number of nitrogens with one attached hydrogen (secondary N) is 1. The first-order chi connectivity index (χ1) is 8.49. The third-order valence-electron chi connectivity index (χ3n) is 2.61. The van der Waals surface area contributed by atoms with Crippen LogP contribution in [0.5, 0.6) is 0 Å². The molecule has 1 aromatic carbocycles. The van der Waals surface area contributed by atoms with Gasteiger partial charge in [-0.15, -0.1) is 0 Å². The van der Waals surface area contributed by atoms with E-state index in [1.807, 2.05) is 31.2 Å². The Balaban J connectivity index is 2.68. The Labute approximate surface area is 104 Å². The minimum atomic E-state index is -0.330. The van der Waals surface area contributed by atoms with Crippen molar-refractivity contribution in [3.05, 3.63) is 57.5 Å². The molecule has 0 saturated heterocycles. The second-order valence-corrected chi connectivity index (χ2v) is 4.16. The van der Waals surface area contributed by atoms with Gasteiger partial charge in [-0.05, 0) is 31.5 Å². The van der Waals surface area contributed by atoms with E-state index in [0.29, 0.717) is 5.69 Å². The number of hydrogen-bond donors (Lipinski definition) is 2. The smallest absolute Gasteiger partial charge is 0.211 e. The van der Waals surface area contributed by atoms with Gasteiger partial charge in [-0.1, -0.05) is 12.1 Å². The summed E-state index contributed by atoms with van der Waals surface area (Å²) in [6.45, 7) is 3.77. The molecule has 92 valence electrons. The number of aryl methyl sites for hydroxylation is 2. The van der Waals surface area contributed by atoms with E-state index in [1.165, 1.54) is 6.07 Å². The zero-order valence-electron chi connectivity index (χ0n) is 10.3. The van der Waals surface area contributed by atoms with Gasteiger partial charge >= 0.3 is 0 Å². The van der Waals surface area contributed by atoms with Gasteiger partial charge in [0, 0.05) is 11.8 Å². The molecule has 0 bridgehead atoms. The van der Waals surface area contributed by atoms with E-state index in [2.05, 4.69) is 5.10 Å². The highest BCUT2D eigenvalue weighted by Crippen LogP contribution is 2.10. The van der Waals surface area contributed by atoms with Crippen LogP contribution in [0, 0.1) is 19.3 Å². The van der Waals surface area contributed by atoms with Crippen LogP contribution in [0.1, 0.15) is 17.0 Å². The number of nitrogens with two attached hydrogens (primary N) is 1. The van der Waals surface area contributed by atoms with E-state index < -0.39 is 0 Å². The maximum Gasteiger partial charge on any atom is 0.211 e. The predicted octanol–water partition coefficient (Wildman–Crippen LogP) is 1.13. The standard InChI is InChI=1S/C13H14N4O/c1-8-4-3-5-10(6-8)17-9(2)7-11(18)12(16-17)13(14)15/h3-7H,1-2H3,(H3,14,15). The third-order valence-corrected chi connectivity index (χ3v) is 2.61. The number of nitrogens with zero attached hydrogens (tertiary/aromatic N) is 2. The van der Waals surface area contributed by atoms with Crippen LogP contribution < -0.4 is 11.2 Å². The first-order valence-corrected chi connectivity index (χ1v) is 5.51. The van der Waals surface area contributed by atoms with Gasteiger partial charge in [0.1, 0.15) is 5.84 Å². The number of hydrogen-bond acceptors (Lipinski definition) is 3. The molecular formula is C13H14N4O. The zero-order chi connectivity index (χ0) is 13.3. The molecule has 3 N–H and O–H groups in total. The van der Waals surface area contributed by atoms with Crippen molar-refractivity contribution in [2.45, 2.75) is 13.8 Å². The number of amidine groups is 1. The van der Waals surface area contributed by atoms with Gasteiger partial charge < -0.3 is 5.73 Å². The second-order valence-electron chi connectivity index (χ2n) is 4.16. The summed E-state index contributed by atoms with van der Waals surface area (Å²) in [5.74, 6) is -0.318. The molecule has 0 aliphatic carbocycles. The Morgan fingerprint density at radius 1 is 1.33 bits per heavy atom. The molecule has 1 aromatic heterocycles. The van der Waals surface area contributed by atoms with E-state index in [9.17, 15) is 4.79 Å². The van der Waals surface area contributed by atoms with Crippen LogP contribution in [-0.4, -0.2) is 15.6 Å². The topological polar surface area (TPSA) is 84.8 Å². The van der Waals surface area contributed by atoms with Gasteiger partial charge in [0.15, 0.2) is 5.69 Å². The molecular weight excluding hydrogens is 228 g/mol. The van der Waals surface area contributed by atoms with Crippen LogP contribution in [0.2, 0.25) is 0 Å². The van der Waals surface area contributed by atoms with Gasteiger partial charge in [-0.2, -0.15) is 5.10 Å². The van der Waals surface area contributed by atoms with Gasteiger partial charge in [0.05, 0.1) is 5.69 Å². The fourth-order valence-electron chi connectivity index (χ4n) is 1.76. The van der Waals surface area contributed by atoms with E-state index in [-0.39, 0.29) is 17.0 Å². The van der Waals surface area contributed by atoms with Crippen LogP contribution >= 0.6 is 0 Å². The summed E-state index contributed by atoms with van der Waals surface area (Å²) < 4.78 is 1.62. The predicted molar refractivity (Wildman–Crippen MR) is 70.3 cm³/mol. The maximum absolute atomic E-state index is 11.6. The molecule has 5 heteroatoms. The molecule has 0 atom stereocenters. The van der Waals surface area contributed by atoms with Crippen LogP contribution in [0.3, 0.4) is 0 Å². The molecule has 0 amide bonds. The molecule has 0 spiro atoms. The molecule has 0 aliphatic rings. The largest absolute Gasteiger partial charge is 0.382 e. The van der Waals surface area contributed by atoms with E-state index >= 15 is 0 Å². The normalized spacial score (nSPS) is 10.3.